The maximum absolute atomic E-state index is 6.08. The fraction of sp³-hybridized carbons (Fsp3) is 0.118. The summed E-state index contributed by atoms with van der Waals surface area (Å²) >= 11 is 15.5. The lowest BCUT2D eigenvalue weighted by atomic mass is 10.0. The molecule has 0 fully saturated rings. The monoisotopic (exact) mass is 395 g/mol. The molecule has 0 radical (unpaired) electrons. The Morgan fingerprint density at radius 3 is 2.59 bits per heavy atom. The largest absolute Gasteiger partial charge is 0.481 e. The highest BCUT2D eigenvalue weighted by atomic mass is 79.9. The summed E-state index contributed by atoms with van der Waals surface area (Å²) in [4.78, 5) is 4.57. The van der Waals surface area contributed by atoms with Crippen molar-refractivity contribution in [2.75, 3.05) is 7.11 Å². The maximum Gasteiger partial charge on any atom is 0.217 e. The summed E-state index contributed by atoms with van der Waals surface area (Å²) in [5, 5.41) is 2.16. The summed E-state index contributed by atoms with van der Waals surface area (Å²) in [5.74, 6) is 0.626. The van der Waals surface area contributed by atoms with Crippen LogP contribution in [-0.4, -0.2) is 12.1 Å². The predicted octanol–water partition coefficient (Wildman–Crippen LogP) is 5.90. The van der Waals surface area contributed by atoms with Gasteiger partial charge in [0.05, 0.1) is 22.7 Å². The zero-order chi connectivity index (χ0) is 15.7. The van der Waals surface area contributed by atoms with Crippen LogP contribution in [0.2, 0.25) is 10.0 Å². The Kier molecular flexibility index (Phi) is 4.57. The summed E-state index contributed by atoms with van der Waals surface area (Å²) < 4.78 is 6.45. The molecular formula is C17H12BrCl2NO. The first-order valence-electron chi connectivity index (χ1n) is 6.64. The zero-order valence-corrected chi connectivity index (χ0v) is 14.8. The van der Waals surface area contributed by atoms with E-state index in [0.29, 0.717) is 22.3 Å². The Hall–Kier alpha value is -1.29. The van der Waals surface area contributed by atoms with Gasteiger partial charge in [-0.3, -0.25) is 0 Å². The second-order valence-corrected chi connectivity index (χ2v) is 6.65. The Labute approximate surface area is 147 Å². The second kappa shape index (κ2) is 6.45. The standard InChI is InChI=1S/C17H12BrCl2NO/c1-22-17-12(6-10-2-4-14(19)15(20)7-10)8-11-9-13(18)3-5-16(11)21-17/h2-5,7-9H,6H2,1H3. The van der Waals surface area contributed by atoms with E-state index >= 15 is 0 Å². The molecule has 0 saturated carbocycles. The Balaban J connectivity index is 2.06. The van der Waals surface area contributed by atoms with Gasteiger partial charge in [0, 0.05) is 21.8 Å². The number of fused-ring (bicyclic) bond motifs is 1. The smallest absolute Gasteiger partial charge is 0.217 e. The number of halogens is 3. The van der Waals surface area contributed by atoms with Crippen LogP contribution in [0.3, 0.4) is 0 Å². The number of hydrogen-bond donors (Lipinski definition) is 0. The molecule has 0 aliphatic rings. The SMILES string of the molecule is COc1nc2ccc(Br)cc2cc1Cc1ccc(Cl)c(Cl)c1. The molecule has 0 aliphatic carbocycles. The van der Waals surface area contributed by atoms with Crippen molar-refractivity contribution in [3.05, 3.63) is 68.1 Å². The van der Waals surface area contributed by atoms with Gasteiger partial charge in [-0.1, -0.05) is 45.2 Å². The number of hydrogen-bond acceptors (Lipinski definition) is 2. The lowest BCUT2D eigenvalue weighted by Crippen LogP contribution is -1.97. The zero-order valence-electron chi connectivity index (χ0n) is 11.7. The molecule has 0 bridgehead atoms. The number of benzene rings is 2. The highest BCUT2D eigenvalue weighted by Gasteiger charge is 2.10. The third-order valence-electron chi connectivity index (χ3n) is 3.39. The minimum absolute atomic E-state index is 0.551. The Morgan fingerprint density at radius 2 is 1.86 bits per heavy atom. The van der Waals surface area contributed by atoms with Gasteiger partial charge in [-0.2, -0.15) is 0 Å². The third-order valence-corrected chi connectivity index (χ3v) is 4.62. The summed E-state index contributed by atoms with van der Waals surface area (Å²) in [5.41, 5.74) is 2.97. The molecule has 112 valence electrons. The van der Waals surface area contributed by atoms with Gasteiger partial charge in [0.1, 0.15) is 0 Å². The fourth-order valence-electron chi connectivity index (χ4n) is 2.35. The minimum Gasteiger partial charge on any atom is -0.481 e. The average Bonchev–Trinajstić information content (AvgIpc) is 2.50. The Morgan fingerprint density at radius 1 is 1.05 bits per heavy atom. The number of pyridine rings is 1. The number of nitrogens with zero attached hydrogens (tertiary/aromatic N) is 1. The predicted molar refractivity (Wildman–Crippen MR) is 95.3 cm³/mol. The molecule has 0 spiro atoms. The molecule has 0 atom stereocenters. The number of aromatic nitrogens is 1. The second-order valence-electron chi connectivity index (χ2n) is 4.92. The van der Waals surface area contributed by atoms with Crippen LogP contribution in [0, 0.1) is 0 Å². The molecule has 22 heavy (non-hydrogen) atoms. The highest BCUT2D eigenvalue weighted by Crippen LogP contribution is 2.29. The van der Waals surface area contributed by atoms with E-state index in [9.17, 15) is 0 Å². The minimum atomic E-state index is 0.551. The molecular weight excluding hydrogens is 385 g/mol. The summed E-state index contributed by atoms with van der Waals surface area (Å²) in [6.45, 7) is 0. The topological polar surface area (TPSA) is 22.1 Å². The van der Waals surface area contributed by atoms with E-state index in [4.69, 9.17) is 27.9 Å². The number of rotatable bonds is 3. The molecule has 2 nitrogen and oxygen atoms in total. The van der Waals surface area contributed by atoms with Crippen LogP contribution in [0.5, 0.6) is 5.88 Å². The first-order valence-corrected chi connectivity index (χ1v) is 8.19. The molecule has 1 heterocycles. The van der Waals surface area contributed by atoms with E-state index in [0.717, 1.165) is 26.5 Å². The van der Waals surface area contributed by atoms with Crippen molar-refractivity contribution in [1.29, 1.82) is 0 Å². The van der Waals surface area contributed by atoms with Gasteiger partial charge >= 0.3 is 0 Å². The molecule has 1 aromatic heterocycles. The van der Waals surface area contributed by atoms with E-state index in [1.165, 1.54) is 0 Å². The molecule has 3 aromatic rings. The summed E-state index contributed by atoms with van der Waals surface area (Å²) in [6.07, 6.45) is 0.676. The van der Waals surface area contributed by atoms with E-state index < -0.39 is 0 Å². The quantitative estimate of drug-likeness (QED) is 0.549. The molecule has 0 unspecified atom stereocenters. The van der Waals surface area contributed by atoms with E-state index in [-0.39, 0.29) is 0 Å². The van der Waals surface area contributed by atoms with Crippen LogP contribution in [0.15, 0.2) is 46.9 Å². The van der Waals surface area contributed by atoms with Crippen LogP contribution in [0.1, 0.15) is 11.1 Å². The van der Waals surface area contributed by atoms with Gasteiger partial charge in [0.2, 0.25) is 5.88 Å². The van der Waals surface area contributed by atoms with Crippen molar-refractivity contribution in [1.82, 2.24) is 4.98 Å². The van der Waals surface area contributed by atoms with E-state index in [1.54, 1.807) is 13.2 Å². The Bertz CT molecular complexity index is 851. The van der Waals surface area contributed by atoms with Crippen molar-refractivity contribution in [3.63, 3.8) is 0 Å². The van der Waals surface area contributed by atoms with Gasteiger partial charge in [-0.15, -0.1) is 0 Å². The molecule has 0 aliphatic heterocycles. The van der Waals surface area contributed by atoms with Crippen molar-refractivity contribution in [2.24, 2.45) is 0 Å². The number of ether oxygens (including phenoxy) is 1. The molecule has 0 amide bonds. The van der Waals surface area contributed by atoms with Crippen molar-refractivity contribution < 1.29 is 4.74 Å². The van der Waals surface area contributed by atoms with Gasteiger partial charge in [-0.25, -0.2) is 4.98 Å². The summed E-state index contributed by atoms with van der Waals surface area (Å²) in [6, 6.07) is 13.7. The average molecular weight is 397 g/mol. The molecule has 5 heteroatoms. The molecule has 3 rings (SSSR count). The van der Waals surface area contributed by atoms with Gasteiger partial charge in [0.25, 0.3) is 0 Å². The first kappa shape index (κ1) is 15.6. The lowest BCUT2D eigenvalue weighted by Gasteiger charge is -2.10. The van der Waals surface area contributed by atoms with Crippen LogP contribution in [-0.2, 0) is 6.42 Å². The van der Waals surface area contributed by atoms with Crippen LogP contribution in [0.25, 0.3) is 10.9 Å². The molecule has 0 saturated heterocycles. The summed E-state index contributed by atoms with van der Waals surface area (Å²) in [7, 11) is 1.63. The van der Waals surface area contributed by atoms with E-state index in [1.807, 2.05) is 30.3 Å². The van der Waals surface area contributed by atoms with Crippen LogP contribution >= 0.6 is 39.1 Å². The van der Waals surface area contributed by atoms with E-state index in [2.05, 4.69) is 27.0 Å². The van der Waals surface area contributed by atoms with Crippen LogP contribution < -0.4 is 4.74 Å². The molecule has 0 N–H and O–H groups in total. The highest BCUT2D eigenvalue weighted by molar-refractivity contribution is 9.10. The van der Waals surface area contributed by atoms with Gasteiger partial charge in [-0.05, 0) is 42.0 Å². The van der Waals surface area contributed by atoms with Crippen LogP contribution in [0.4, 0.5) is 0 Å². The van der Waals surface area contributed by atoms with Crippen molar-refractivity contribution >= 4 is 50.0 Å². The van der Waals surface area contributed by atoms with Crippen molar-refractivity contribution in [2.45, 2.75) is 6.42 Å². The van der Waals surface area contributed by atoms with Gasteiger partial charge < -0.3 is 4.74 Å². The maximum atomic E-state index is 6.08. The third kappa shape index (κ3) is 3.22. The fourth-order valence-corrected chi connectivity index (χ4v) is 3.05. The van der Waals surface area contributed by atoms with Gasteiger partial charge in [0.15, 0.2) is 0 Å². The number of methoxy groups -OCH3 is 1. The normalized spacial score (nSPS) is 10.9. The molecule has 2 aromatic carbocycles. The lowest BCUT2D eigenvalue weighted by molar-refractivity contribution is 0.395. The first-order chi connectivity index (χ1) is 10.6. The van der Waals surface area contributed by atoms with Crippen molar-refractivity contribution in [3.8, 4) is 5.88 Å².